The van der Waals surface area contributed by atoms with Gasteiger partial charge >= 0.3 is 0 Å². The van der Waals surface area contributed by atoms with Gasteiger partial charge in [0.25, 0.3) is 5.89 Å². The predicted octanol–water partition coefficient (Wildman–Crippen LogP) is 4.91. The van der Waals surface area contributed by atoms with Crippen molar-refractivity contribution in [3.8, 4) is 23.0 Å². The molecular weight excluding hydrogens is 295 g/mol. The first-order valence-electron chi connectivity index (χ1n) is 7.21. The zero-order chi connectivity index (χ0) is 16.0. The van der Waals surface area contributed by atoms with Crippen LogP contribution < -0.4 is 0 Å². The van der Waals surface area contributed by atoms with Gasteiger partial charge in [0.2, 0.25) is 5.82 Å². The average Bonchev–Trinajstić information content (AvgIpc) is 3.14. The summed E-state index contributed by atoms with van der Waals surface area (Å²) in [7, 11) is 0. The van der Waals surface area contributed by atoms with E-state index in [1.165, 1.54) is 12.1 Å². The summed E-state index contributed by atoms with van der Waals surface area (Å²) in [6.07, 6.45) is 0. The molecule has 0 N–H and O–H groups in total. The predicted molar refractivity (Wildman–Crippen MR) is 84.4 cm³/mol. The molecule has 0 unspecified atom stereocenters. The fourth-order valence-electron chi connectivity index (χ4n) is 2.57. The highest BCUT2D eigenvalue weighted by Crippen LogP contribution is 2.33. The molecule has 0 atom stereocenters. The van der Waals surface area contributed by atoms with Gasteiger partial charge in [-0.3, -0.25) is 0 Å². The monoisotopic (exact) mass is 308 g/mol. The fourth-order valence-corrected chi connectivity index (χ4v) is 2.57. The first kappa shape index (κ1) is 13.7. The molecule has 2 aromatic carbocycles. The van der Waals surface area contributed by atoms with Crippen LogP contribution in [0.4, 0.5) is 4.39 Å². The number of halogens is 1. The van der Waals surface area contributed by atoms with Crippen LogP contribution in [0.5, 0.6) is 0 Å². The van der Waals surface area contributed by atoms with E-state index in [1.54, 1.807) is 12.1 Å². The second-order valence-corrected chi connectivity index (χ2v) is 5.49. The minimum atomic E-state index is -0.308. The first-order chi connectivity index (χ1) is 11.1. The second kappa shape index (κ2) is 5.05. The zero-order valence-corrected chi connectivity index (χ0v) is 12.6. The second-order valence-electron chi connectivity index (χ2n) is 5.49. The summed E-state index contributed by atoms with van der Waals surface area (Å²) in [5, 5.41) is 5.03. The Bertz CT molecular complexity index is 1000. The van der Waals surface area contributed by atoms with Crippen molar-refractivity contribution in [1.82, 2.24) is 10.1 Å². The molecule has 5 heteroatoms. The van der Waals surface area contributed by atoms with Crippen molar-refractivity contribution in [2.75, 3.05) is 0 Å². The highest BCUT2D eigenvalue weighted by atomic mass is 19.1. The highest BCUT2D eigenvalue weighted by molar-refractivity contribution is 5.87. The molecule has 2 heterocycles. The van der Waals surface area contributed by atoms with Gasteiger partial charge in [-0.2, -0.15) is 4.98 Å². The fraction of sp³-hybridized carbons (Fsp3) is 0.111. The Hall–Kier alpha value is -2.95. The number of aryl methyl sites for hydroxylation is 2. The topological polar surface area (TPSA) is 52.1 Å². The third-order valence-electron chi connectivity index (χ3n) is 3.81. The number of aromatic nitrogens is 2. The van der Waals surface area contributed by atoms with E-state index in [1.807, 2.05) is 26.0 Å². The van der Waals surface area contributed by atoms with Crippen molar-refractivity contribution in [1.29, 1.82) is 0 Å². The molecule has 114 valence electrons. The largest absolute Gasteiger partial charge is 0.452 e. The van der Waals surface area contributed by atoms with Crippen LogP contribution in [0.15, 0.2) is 51.4 Å². The number of furan rings is 1. The van der Waals surface area contributed by atoms with Crippen LogP contribution >= 0.6 is 0 Å². The lowest BCUT2D eigenvalue weighted by Crippen LogP contribution is -1.82. The lowest BCUT2D eigenvalue weighted by Gasteiger charge is -1.92. The van der Waals surface area contributed by atoms with Crippen LogP contribution in [0.3, 0.4) is 0 Å². The van der Waals surface area contributed by atoms with Gasteiger partial charge in [0.15, 0.2) is 5.76 Å². The van der Waals surface area contributed by atoms with E-state index in [0.29, 0.717) is 23.0 Å². The lowest BCUT2D eigenvalue weighted by atomic mass is 10.1. The van der Waals surface area contributed by atoms with Gasteiger partial charge in [-0.05, 0) is 50.2 Å². The maximum atomic E-state index is 13.0. The Labute approximate surface area is 131 Å². The van der Waals surface area contributed by atoms with E-state index >= 15 is 0 Å². The Morgan fingerprint density at radius 1 is 1.00 bits per heavy atom. The van der Waals surface area contributed by atoms with Crippen molar-refractivity contribution in [2.24, 2.45) is 0 Å². The van der Waals surface area contributed by atoms with Crippen LogP contribution in [-0.2, 0) is 0 Å². The molecule has 0 aliphatic rings. The van der Waals surface area contributed by atoms with Gasteiger partial charge in [0.05, 0.1) is 0 Å². The summed E-state index contributed by atoms with van der Waals surface area (Å²) in [4.78, 5) is 4.36. The lowest BCUT2D eigenvalue weighted by molar-refractivity contribution is 0.430. The van der Waals surface area contributed by atoms with E-state index < -0.39 is 0 Å². The van der Waals surface area contributed by atoms with Crippen molar-refractivity contribution in [3.05, 3.63) is 59.4 Å². The molecule has 0 radical (unpaired) electrons. The van der Waals surface area contributed by atoms with Crippen molar-refractivity contribution >= 4 is 11.0 Å². The third-order valence-corrected chi connectivity index (χ3v) is 3.81. The van der Waals surface area contributed by atoms with Crippen molar-refractivity contribution in [3.63, 3.8) is 0 Å². The van der Waals surface area contributed by atoms with Gasteiger partial charge in [0, 0.05) is 16.5 Å². The molecule has 4 aromatic rings. The molecule has 4 rings (SSSR count). The molecular formula is C18H13FN2O2. The quantitative estimate of drug-likeness (QED) is 0.528. The smallest absolute Gasteiger partial charge is 0.258 e. The highest BCUT2D eigenvalue weighted by Gasteiger charge is 2.18. The Kier molecular flexibility index (Phi) is 3.01. The normalized spacial score (nSPS) is 11.3. The number of benzene rings is 2. The molecule has 0 aliphatic carbocycles. The Morgan fingerprint density at radius 3 is 2.57 bits per heavy atom. The average molecular weight is 308 g/mol. The maximum absolute atomic E-state index is 13.0. The summed E-state index contributed by atoms with van der Waals surface area (Å²) in [6, 6.07) is 11.9. The molecule has 0 saturated carbocycles. The van der Waals surface area contributed by atoms with Crippen LogP contribution in [0, 0.1) is 19.7 Å². The molecule has 0 fully saturated rings. The van der Waals surface area contributed by atoms with Crippen molar-refractivity contribution in [2.45, 2.75) is 13.8 Å². The van der Waals surface area contributed by atoms with E-state index in [9.17, 15) is 4.39 Å². The van der Waals surface area contributed by atoms with Gasteiger partial charge in [0.1, 0.15) is 11.4 Å². The third kappa shape index (κ3) is 2.30. The Balaban J connectivity index is 1.80. The first-order valence-corrected chi connectivity index (χ1v) is 7.21. The Morgan fingerprint density at radius 2 is 1.78 bits per heavy atom. The van der Waals surface area contributed by atoms with E-state index in [4.69, 9.17) is 8.94 Å². The number of hydrogen-bond donors (Lipinski definition) is 0. The minimum Gasteiger partial charge on any atom is -0.452 e. The zero-order valence-electron chi connectivity index (χ0n) is 12.6. The van der Waals surface area contributed by atoms with Gasteiger partial charge in [-0.1, -0.05) is 16.8 Å². The maximum Gasteiger partial charge on any atom is 0.258 e. The standard InChI is InChI=1S/C18H13FN2O2/c1-10-3-8-15-14(9-10)11(2)16(22-15)17-20-18(23-21-17)12-4-6-13(19)7-5-12/h3-9H,1-2H3. The van der Waals surface area contributed by atoms with Crippen LogP contribution in [-0.4, -0.2) is 10.1 Å². The van der Waals surface area contributed by atoms with Gasteiger partial charge < -0.3 is 8.94 Å². The molecule has 0 spiro atoms. The van der Waals surface area contributed by atoms with Crippen molar-refractivity contribution < 1.29 is 13.3 Å². The SMILES string of the molecule is Cc1ccc2oc(-c3noc(-c4ccc(F)cc4)n3)c(C)c2c1. The molecule has 0 amide bonds. The van der Waals surface area contributed by atoms with Crippen LogP contribution in [0.25, 0.3) is 34.0 Å². The number of fused-ring (bicyclic) bond motifs is 1. The van der Waals surface area contributed by atoms with Gasteiger partial charge in [-0.25, -0.2) is 4.39 Å². The summed E-state index contributed by atoms with van der Waals surface area (Å²) < 4.78 is 24.1. The van der Waals surface area contributed by atoms with E-state index in [-0.39, 0.29) is 5.82 Å². The van der Waals surface area contributed by atoms with Gasteiger partial charge in [-0.15, -0.1) is 0 Å². The molecule has 0 bridgehead atoms. The molecule has 23 heavy (non-hydrogen) atoms. The van der Waals surface area contributed by atoms with E-state index in [2.05, 4.69) is 16.2 Å². The summed E-state index contributed by atoms with van der Waals surface area (Å²) in [6.45, 7) is 4.00. The molecule has 2 aromatic heterocycles. The molecule has 0 aliphatic heterocycles. The summed E-state index contributed by atoms with van der Waals surface area (Å²) in [5.41, 5.74) is 3.58. The summed E-state index contributed by atoms with van der Waals surface area (Å²) in [5.74, 6) is 0.992. The van der Waals surface area contributed by atoms with Crippen LogP contribution in [0.2, 0.25) is 0 Å². The number of nitrogens with zero attached hydrogens (tertiary/aromatic N) is 2. The number of hydrogen-bond acceptors (Lipinski definition) is 4. The molecule has 4 nitrogen and oxygen atoms in total. The summed E-state index contributed by atoms with van der Waals surface area (Å²) >= 11 is 0. The minimum absolute atomic E-state index is 0.308. The van der Waals surface area contributed by atoms with Crippen LogP contribution in [0.1, 0.15) is 11.1 Å². The number of rotatable bonds is 2. The van der Waals surface area contributed by atoms with E-state index in [0.717, 1.165) is 22.1 Å². The molecule has 0 saturated heterocycles.